The lowest BCUT2D eigenvalue weighted by Crippen LogP contribution is -2.22. The largest absolute Gasteiger partial charge is 0.399 e. The van der Waals surface area contributed by atoms with Gasteiger partial charge >= 0.3 is 0 Å². The van der Waals surface area contributed by atoms with Crippen molar-refractivity contribution in [2.45, 2.75) is 83.8 Å². The van der Waals surface area contributed by atoms with Crippen LogP contribution in [0.5, 0.6) is 0 Å². The first kappa shape index (κ1) is 51.0. The van der Waals surface area contributed by atoms with Crippen LogP contribution in [0, 0.1) is 10.1 Å². The van der Waals surface area contributed by atoms with Gasteiger partial charge in [0, 0.05) is 69.1 Å². The molecular formula is C56H64N6O6Si2. The number of carbonyl (C=O) groups excluding carboxylic acids is 1. The zero-order valence-corrected chi connectivity index (χ0v) is 43.0. The molecule has 12 nitrogen and oxygen atoms in total. The van der Waals surface area contributed by atoms with Crippen LogP contribution in [0.3, 0.4) is 0 Å². The van der Waals surface area contributed by atoms with E-state index in [1.54, 1.807) is 36.4 Å². The molecule has 2 aromatic heterocycles. The minimum absolute atomic E-state index is 0.0487. The van der Waals surface area contributed by atoms with E-state index in [9.17, 15) is 20.0 Å². The lowest BCUT2D eigenvalue weighted by molar-refractivity contribution is -0.385. The van der Waals surface area contributed by atoms with Gasteiger partial charge < -0.3 is 20.3 Å². The molecule has 3 N–H and O–H groups in total. The van der Waals surface area contributed by atoms with Gasteiger partial charge in [0.25, 0.3) is 5.69 Å². The second kappa shape index (κ2) is 23.2. The SMILES string of the molecule is C[Si](C)(C)CCOCn1nc(/C=C/c2ccccc2)c2ccc(C(O)c3cccc([N+](=O)[O-])c3)cc21.C[Si](C)(C)CCOCn1nc(CCc2ccccc2)c2ccc(C(=O)c3cccc(N)c3)cc21. The van der Waals surface area contributed by atoms with Gasteiger partial charge in [0.2, 0.25) is 0 Å². The summed E-state index contributed by atoms with van der Waals surface area (Å²) >= 11 is 0. The number of carbonyl (C=O) groups is 1. The molecule has 0 aliphatic rings. The average Bonchev–Trinajstić information content (AvgIpc) is 3.88. The number of nitro benzene ring substituents is 1. The summed E-state index contributed by atoms with van der Waals surface area (Å²) in [5, 5.41) is 33.9. The first-order valence-corrected chi connectivity index (χ1v) is 31.2. The van der Waals surface area contributed by atoms with Crippen molar-refractivity contribution in [2.75, 3.05) is 18.9 Å². The summed E-state index contributed by atoms with van der Waals surface area (Å²) in [6.07, 6.45) is 4.73. The second-order valence-corrected chi connectivity index (χ2v) is 31.2. The van der Waals surface area contributed by atoms with Crippen molar-refractivity contribution in [3.8, 4) is 0 Å². The Labute approximate surface area is 412 Å². The fraction of sp³-hybridized carbons (Fsp3) is 0.268. The number of benzene rings is 6. The number of non-ortho nitro benzene ring substituents is 1. The third-order valence-electron chi connectivity index (χ3n) is 11.9. The van der Waals surface area contributed by atoms with Gasteiger partial charge in [-0.25, -0.2) is 9.36 Å². The number of aromatic nitrogens is 4. The van der Waals surface area contributed by atoms with E-state index in [2.05, 4.69) is 63.5 Å². The molecule has 0 radical (unpaired) electrons. The van der Waals surface area contributed by atoms with Gasteiger partial charge in [-0.2, -0.15) is 10.2 Å². The highest BCUT2D eigenvalue weighted by atomic mass is 28.3. The number of nitro groups is 1. The van der Waals surface area contributed by atoms with E-state index >= 15 is 0 Å². The van der Waals surface area contributed by atoms with Crippen LogP contribution in [0.2, 0.25) is 51.4 Å². The number of nitrogen functional groups attached to an aromatic ring is 1. The molecule has 6 aromatic carbocycles. The molecular weight excluding hydrogens is 909 g/mol. The number of nitrogens with zero attached hydrogens (tertiary/aromatic N) is 5. The Bertz CT molecular complexity index is 3070. The highest BCUT2D eigenvalue weighted by Crippen LogP contribution is 2.30. The van der Waals surface area contributed by atoms with Crippen molar-refractivity contribution < 1.29 is 24.3 Å². The van der Waals surface area contributed by atoms with Crippen molar-refractivity contribution in [1.29, 1.82) is 0 Å². The highest BCUT2D eigenvalue weighted by molar-refractivity contribution is 6.76. The lowest BCUT2D eigenvalue weighted by Gasteiger charge is -2.15. The van der Waals surface area contributed by atoms with Crippen molar-refractivity contribution in [1.82, 2.24) is 19.6 Å². The number of anilines is 1. The maximum atomic E-state index is 13.1. The molecule has 0 saturated carbocycles. The number of rotatable bonds is 20. The molecule has 14 heteroatoms. The summed E-state index contributed by atoms with van der Waals surface area (Å²) in [6.45, 7) is 16.0. The predicted molar refractivity (Wildman–Crippen MR) is 288 cm³/mol. The summed E-state index contributed by atoms with van der Waals surface area (Å²) in [7, 11) is -2.38. The van der Waals surface area contributed by atoms with Gasteiger partial charge in [0.15, 0.2) is 5.78 Å². The van der Waals surface area contributed by atoms with Crippen LogP contribution in [-0.2, 0) is 35.8 Å². The van der Waals surface area contributed by atoms with Gasteiger partial charge in [-0.3, -0.25) is 14.9 Å². The van der Waals surface area contributed by atoms with E-state index < -0.39 is 27.2 Å². The summed E-state index contributed by atoms with van der Waals surface area (Å²) in [5.74, 6) is -0.0487. The number of nitrogens with two attached hydrogens (primary N) is 1. The lowest BCUT2D eigenvalue weighted by atomic mass is 9.99. The standard InChI is InChI=1S/C28H31N3O4Si.C28H33N3O2Si/c1-36(2,3)17-16-35-20-30-27-19-23(28(32)22-10-7-11-24(18-22)31(33)34)13-14-25(27)26(29-30)15-12-21-8-5-4-6-9-21;1-34(2,3)17-16-33-20-31-27-19-23(28(32)22-10-7-11-24(29)18-22)13-14-25(27)26(30-31)15-12-21-8-5-4-6-9-21/h4-15,18-19,28,32H,16-17,20H2,1-3H3;4-11,13-14,18-19H,12,15-17,20,29H2,1-3H3/b15-12+;. The number of aryl methyl sites for hydroxylation is 2. The van der Waals surface area contributed by atoms with Crippen molar-refractivity contribution >= 4 is 67.3 Å². The van der Waals surface area contributed by atoms with Crippen LogP contribution < -0.4 is 5.73 Å². The number of aliphatic hydroxyl groups is 1. The molecule has 8 aromatic rings. The predicted octanol–water partition coefficient (Wildman–Crippen LogP) is 12.5. The Morgan fingerprint density at radius 1 is 0.671 bits per heavy atom. The molecule has 8 rings (SSSR count). The fourth-order valence-electron chi connectivity index (χ4n) is 7.83. The molecule has 0 aliphatic carbocycles. The van der Waals surface area contributed by atoms with Crippen molar-refractivity contribution in [2.24, 2.45) is 0 Å². The molecule has 0 saturated heterocycles. The quantitative estimate of drug-likeness (QED) is 0.0189. The molecule has 362 valence electrons. The second-order valence-electron chi connectivity index (χ2n) is 20.0. The Kier molecular flexibility index (Phi) is 16.9. The van der Waals surface area contributed by atoms with Crippen molar-refractivity contribution in [3.63, 3.8) is 0 Å². The minimum Gasteiger partial charge on any atom is -0.399 e. The number of aliphatic hydroxyl groups excluding tert-OH is 1. The fourth-order valence-corrected chi connectivity index (χ4v) is 9.34. The van der Waals surface area contributed by atoms with E-state index in [0.717, 1.165) is 70.3 Å². The summed E-state index contributed by atoms with van der Waals surface area (Å²) < 4.78 is 15.7. The van der Waals surface area contributed by atoms with Crippen molar-refractivity contribution in [3.05, 3.63) is 200 Å². The molecule has 70 heavy (non-hydrogen) atoms. The van der Waals surface area contributed by atoms with Gasteiger partial charge in [-0.05, 0) is 77.5 Å². The molecule has 0 spiro atoms. The van der Waals surface area contributed by atoms with Crippen LogP contribution in [0.1, 0.15) is 55.7 Å². The van der Waals surface area contributed by atoms with E-state index in [0.29, 0.717) is 48.0 Å². The number of ether oxygens (including phenoxy) is 2. The Balaban J connectivity index is 0.000000207. The summed E-state index contributed by atoms with van der Waals surface area (Å²) in [4.78, 5) is 23.8. The third-order valence-corrected chi connectivity index (χ3v) is 15.3. The van der Waals surface area contributed by atoms with Crippen LogP contribution in [0.4, 0.5) is 11.4 Å². The average molecular weight is 973 g/mol. The number of fused-ring (bicyclic) bond motifs is 2. The Morgan fingerprint density at radius 3 is 1.93 bits per heavy atom. The van der Waals surface area contributed by atoms with Gasteiger partial charge in [0.1, 0.15) is 19.6 Å². The zero-order chi connectivity index (χ0) is 49.8. The molecule has 0 amide bonds. The minimum atomic E-state index is -1.22. The number of hydrogen-bond donors (Lipinski definition) is 2. The molecule has 2 heterocycles. The first-order valence-electron chi connectivity index (χ1n) is 23.8. The summed E-state index contributed by atoms with van der Waals surface area (Å²) in [6, 6.07) is 47.3. The Morgan fingerprint density at radius 2 is 1.27 bits per heavy atom. The van der Waals surface area contributed by atoms with Gasteiger partial charge in [-0.1, -0.05) is 155 Å². The molecule has 1 atom stereocenters. The number of ketones is 1. The monoisotopic (exact) mass is 972 g/mol. The smallest absolute Gasteiger partial charge is 0.269 e. The van der Waals surface area contributed by atoms with E-state index in [4.69, 9.17) is 25.4 Å². The maximum Gasteiger partial charge on any atom is 0.269 e. The van der Waals surface area contributed by atoms with E-state index in [1.807, 2.05) is 94.3 Å². The van der Waals surface area contributed by atoms with Crippen LogP contribution >= 0.6 is 0 Å². The zero-order valence-electron chi connectivity index (χ0n) is 41.0. The highest BCUT2D eigenvalue weighted by Gasteiger charge is 2.20. The first-order chi connectivity index (χ1) is 33.5. The topological polar surface area (TPSA) is 161 Å². The Hall–Kier alpha value is -6.82. The summed E-state index contributed by atoms with van der Waals surface area (Å²) in [5.41, 5.74) is 14.7. The number of hydrogen-bond acceptors (Lipinski definition) is 9. The van der Waals surface area contributed by atoms with Crippen LogP contribution in [0.25, 0.3) is 34.0 Å². The molecule has 1 unspecified atom stereocenters. The van der Waals surface area contributed by atoms with Crippen LogP contribution in [-0.4, -0.2) is 64.7 Å². The normalized spacial score (nSPS) is 12.3. The third kappa shape index (κ3) is 14.1. The molecule has 0 aliphatic heterocycles. The maximum absolute atomic E-state index is 13.1. The van der Waals surface area contributed by atoms with E-state index in [1.165, 1.54) is 17.7 Å². The van der Waals surface area contributed by atoms with Gasteiger partial charge in [-0.15, -0.1) is 0 Å². The van der Waals surface area contributed by atoms with Gasteiger partial charge in [0.05, 0.1) is 27.3 Å². The van der Waals surface area contributed by atoms with Crippen LogP contribution in [0.15, 0.2) is 146 Å². The molecule has 0 bridgehead atoms. The van der Waals surface area contributed by atoms with E-state index in [-0.39, 0.29) is 11.5 Å². The molecule has 0 fully saturated rings.